The van der Waals surface area contributed by atoms with Crippen LogP contribution in [0.4, 0.5) is 21.0 Å². The first kappa shape index (κ1) is 34.2. The zero-order valence-electron chi connectivity index (χ0n) is 27.2. The van der Waals surface area contributed by atoms with Gasteiger partial charge in [-0.2, -0.15) is 10.5 Å². The van der Waals surface area contributed by atoms with Crippen LogP contribution in [-0.2, 0) is 9.59 Å². The van der Waals surface area contributed by atoms with Gasteiger partial charge in [0.2, 0.25) is 0 Å². The second-order valence-corrected chi connectivity index (χ2v) is 13.6. The molecule has 0 aromatic heterocycles. The fraction of sp³-hybridized carbons (Fsp3) is 0.486. The third kappa shape index (κ3) is 5.05. The molecule has 246 valence electrons. The minimum absolute atomic E-state index is 0.164. The Hall–Kier alpha value is -4.12. The smallest absolute Gasteiger partial charge is 0.322 e. The molecule has 2 aliphatic carbocycles. The number of benzene rings is 2. The molecule has 2 spiro atoms. The van der Waals surface area contributed by atoms with E-state index in [0.29, 0.717) is 46.5 Å². The van der Waals surface area contributed by atoms with E-state index in [1.54, 1.807) is 50.1 Å². The van der Waals surface area contributed by atoms with Crippen molar-refractivity contribution in [3.63, 3.8) is 0 Å². The van der Waals surface area contributed by atoms with Crippen molar-refractivity contribution in [3.05, 3.63) is 56.6 Å². The fourth-order valence-corrected chi connectivity index (χ4v) is 8.58. The van der Waals surface area contributed by atoms with Crippen LogP contribution in [0.3, 0.4) is 0 Å². The number of urea groups is 2. The standard InChI is InChI=1S/C18H20ClN3O2.C17H18ClN3O2/c1-4-13-6-5-9-18(13)16(23)22(17(24)21(18)3)14-8-7-12(10-20)15(19)11(14)2;1-3-12-5-4-8-17(12)15(22)21(16(23)20-17)13-7-6-11(9-19)14(18)10(13)2/h7-8,13H,4-6,9H2,1-3H3;6-7,12H,3-5,8H2,1-2H3,(H,20,23). The Bertz CT molecular complexity index is 1770. The number of hydrogen-bond acceptors (Lipinski definition) is 6. The maximum Gasteiger partial charge on any atom is 0.332 e. The summed E-state index contributed by atoms with van der Waals surface area (Å²) in [4.78, 5) is 55.8. The number of likely N-dealkylation sites (N-methyl/N-ethyl adjacent to an activating group) is 1. The molecule has 12 heteroatoms. The second-order valence-electron chi connectivity index (χ2n) is 12.8. The minimum atomic E-state index is -0.779. The molecule has 10 nitrogen and oxygen atoms in total. The van der Waals surface area contributed by atoms with Crippen molar-refractivity contribution >= 4 is 58.5 Å². The number of hydrogen-bond donors (Lipinski definition) is 1. The number of anilines is 2. The van der Waals surface area contributed by atoms with Crippen molar-refractivity contribution < 1.29 is 19.2 Å². The predicted molar refractivity (Wildman–Crippen MR) is 179 cm³/mol. The molecule has 0 radical (unpaired) electrons. The van der Waals surface area contributed by atoms with E-state index in [2.05, 4.69) is 12.2 Å². The molecule has 4 atom stereocenters. The van der Waals surface area contributed by atoms with Crippen molar-refractivity contribution in [2.45, 2.75) is 90.1 Å². The lowest BCUT2D eigenvalue weighted by Gasteiger charge is -2.33. The first-order valence-electron chi connectivity index (χ1n) is 16.0. The number of imide groups is 2. The first-order valence-corrected chi connectivity index (χ1v) is 16.8. The highest BCUT2D eigenvalue weighted by molar-refractivity contribution is 6.34. The van der Waals surface area contributed by atoms with E-state index in [4.69, 9.17) is 33.7 Å². The highest BCUT2D eigenvalue weighted by atomic mass is 35.5. The molecule has 2 aromatic carbocycles. The topological polar surface area (TPSA) is 138 Å². The molecule has 2 aromatic rings. The number of carbonyl (C=O) groups is 4. The van der Waals surface area contributed by atoms with E-state index < -0.39 is 17.1 Å². The molecule has 2 saturated carbocycles. The lowest BCUT2D eigenvalue weighted by molar-refractivity contribution is -0.126. The van der Waals surface area contributed by atoms with E-state index in [-0.39, 0.29) is 39.7 Å². The van der Waals surface area contributed by atoms with Crippen molar-refractivity contribution in [1.82, 2.24) is 10.2 Å². The van der Waals surface area contributed by atoms with Gasteiger partial charge in [0.05, 0.1) is 32.5 Å². The molecule has 4 aliphatic rings. The zero-order valence-corrected chi connectivity index (χ0v) is 28.8. The van der Waals surface area contributed by atoms with Crippen LogP contribution in [0.2, 0.25) is 10.0 Å². The Balaban J connectivity index is 0.000000185. The van der Waals surface area contributed by atoms with Gasteiger partial charge in [-0.25, -0.2) is 19.4 Å². The van der Waals surface area contributed by atoms with Gasteiger partial charge in [0, 0.05) is 7.05 Å². The quantitative estimate of drug-likeness (QED) is 0.335. The highest BCUT2D eigenvalue weighted by Crippen LogP contribution is 2.48. The third-order valence-corrected chi connectivity index (χ3v) is 11.8. The molecule has 2 saturated heterocycles. The van der Waals surface area contributed by atoms with Crippen molar-refractivity contribution in [3.8, 4) is 12.1 Å². The summed E-state index contributed by atoms with van der Waals surface area (Å²) in [7, 11) is 1.72. The second kappa shape index (κ2) is 12.8. The zero-order chi connectivity index (χ0) is 34.4. The van der Waals surface area contributed by atoms with Gasteiger partial charge >= 0.3 is 12.1 Å². The Morgan fingerprint density at radius 2 is 1.32 bits per heavy atom. The Labute approximate surface area is 285 Å². The van der Waals surface area contributed by atoms with Gasteiger partial charge in [0.1, 0.15) is 23.2 Å². The molecule has 47 heavy (non-hydrogen) atoms. The maximum absolute atomic E-state index is 13.3. The number of nitrogens with zero attached hydrogens (tertiary/aromatic N) is 5. The molecule has 0 bridgehead atoms. The molecule has 2 heterocycles. The van der Waals surface area contributed by atoms with Crippen LogP contribution in [0.25, 0.3) is 0 Å². The Morgan fingerprint density at radius 1 is 0.809 bits per heavy atom. The van der Waals surface area contributed by atoms with Crippen LogP contribution in [0.1, 0.15) is 87.5 Å². The van der Waals surface area contributed by atoms with E-state index in [9.17, 15) is 19.2 Å². The van der Waals surface area contributed by atoms with Crippen molar-refractivity contribution in [1.29, 1.82) is 10.5 Å². The summed E-state index contributed by atoms with van der Waals surface area (Å²) in [6.07, 6.45) is 6.89. The number of rotatable bonds is 4. The van der Waals surface area contributed by atoms with Gasteiger partial charge in [-0.3, -0.25) is 9.59 Å². The first-order chi connectivity index (χ1) is 22.4. The molecule has 4 fully saturated rings. The number of nitrogens with one attached hydrogen (secondary N) is 1. The lowest BCUT2D eigenvalue weighted by atomic mass is 9.84. The molecular formula is C35H38Cl2N6O4. The number of halogens is 2. The normalized spacial score (nSPS) is 26.6. The summed E-state index contributed by atoms with van der Waals surface area (Å²) in [5.41, 5.74) is 1.23. The molecule has 1 N–H and O–H groups in total. The van der Waals surface area contributed by atoms with Crippen LogP contribution >= 0.6 is 23.2 Å². The molecule has 4 unspecified atom stereocenters. The van der Waals surface area contributed by atoms with Gasteiger partial charge in [-0.1, -0.05) is 62.7 Å². The number of amides is 6. The van der Waals surface area contributed by atoms with E-state index >= 15 is 0 Å². The lowest BCUT2D eigenvalue weighted by Crippen LogP contribution is -2.50. The van der Waals surface area contributed by atoms with Crippen LogP contribution in [-0.4, -0.2) is 46.9 Å². The third-order valence-electron chi connectivity index (χ3n) is 10.8. The molecule has 2 aliphatic heterocycles. The van der Waals surface area contributed by atoms with Gasteiger partial charge in [0.25, 0.3) is 11.8 Å². The summed E-state index contributed by atoms with van der Waals surface area (Å²) in [5.74, 6) is -0.0184. The summed E-state index contributed by atoms with van der Waals surface area (Å²) < 4.78 is 0. The van der Waals surface area contributed by atoms with Crippen molar-refractivity contribution in [2.24, 2.45) is 11.8 Å². The fourth-order valence-electron chi connectivity index (χ4n) is 8.18. The number of carbonyl (C=O) groups excluding carboxylic acids is 4. The molecular weight excluding hydrogens is 639 g/mol. The van der Waals surface area contributed by atoms with E-state index in [1.165, 1.54) is 9.80 Å². The minimum Gasteiger partial charge on any atom is -0.322 e. The largest absolute Gasteiger partial charge is 0.332 e. The van der Waals surface area contributed by atoms with Crippen molar-refractivity contribution in [2.75, 3.05) is 16.8 Å². The van der Waals surface area contributed by atoms with E-state index in [0.717, 1.165) is 38.5 Å². The molecule has 6 amide bonds. The Kier molecular flexibility index (Phi) is 9.34. The maximum atomic E-state index is 13.3. The van der Waals surface area contributed by atoms with Gasteiger partial charge in [0.15, 0.2) is 0 Å². The SMILES string of the molecule is CCC1CCCC12C(=O)N(c1ccc(C#N)c(Cl)c1C)C(=O)N2C.CCC1CCCC12NC(=O)N(c1ccc(C#N)c(Cl)c1C)C2=O. The summed E-state index contributed by atoms with van der Waals surface area (Å²) in [6.45, 7) is 7.56. The molecule has 6 rings (SSSR count). The summed E-state index contributed by atoms with van der Waals surface area (Å²) in [6, 6.07) is 9.66. The van der Waals surface area contributed by atoms with Crippen LogP contribution in [0.5, 0.6) is 0 Å². The van der Waals surface area contributed by atoms with Gasteiger partial charge in [-0.15, -0.1) is 0 Å². The Morgan fingerprint density at radius 3 is 1.85 bits per heavy atom. The van der Waals surface area contributed by atoms with Crippen LogP contribution in [0.15, 0.2) is 24.3 Å². The van der Waals surface area contributed by atoms with Gasteiger partial charge in [-0.05, 0) is 86.8 Å². The van der Waals surface area contributed by atoms with E-state index in [1.807, 2.05) is 19.1 Å². The monoisotopic (exact) mass is 676 g/mol. The average Bonchev–Trinajstić information content (AvgIpc) is 3.79. The highest BCUT2D eigenvalue weighted by Gasteiger charge is 2.61. The van der Waals surface area contributed by atoms with Crippen LogP contribution in [0, 0.1) is 48.3 Å². The summed E-state index contributed by atoms with van der Waals surface area (Å²) in [5, 5.41) is 21.6. The predicted octanol–water partition coefficient (Wildman–Crippen LogP) is 7.39. The average molecular weight is 678 g/mol. The van der Waals surface area contributed by atoms with Crippen LogP contribution < -0.4 is 15.1 Å². The summed E-state index contributed by atoms with van der Waals surface area (Å²) >= 11 is 12.4. The van der Waals surface area contributed by atoms with Gasteiger partial charge < -0.3 is 10.2 Å². The number of nitriles is 2.